The zero-order valence-corrected chi connectivity index (χ0v) is 12.1. The molecule has 0 radical (unpaired) electrons. The van der Waals surface area contributed by atoms with Gasteiger partial charge in [0.05, 0.1) is 11.3 Å². The largest absolute Gasteiger partial charge is 0.269 e. The molecule has 0 bridgehead atoms. The Balaban J connectivity index is 2.57. The lowest BCUT2D eigenvalue weighted by atomic mass is 10.2. The maximum Gasteiger partial charge on any atom is 0.265 e. The SMILES string of the molecule is Cc1ccccc1N(C)S(=O)(=O)c1ccccc1C#N. The van der Waals surface area contributed by atoms with Crippen LogP contribution < -0.4 is 4.31 Å². The first-order chi connectivity index (χ1) is 9.48. The minimum absolute atomic E-state index is 0.0215. The van der Waals surface area contributed by atoms with E-state index in [1.165, 1.54) is 23.5 Å². The van der Waals surface area contributed by atoms with Crippen molar-refractivity contribution in [1.29, 1.82) is 5.26 Å². The summed E-state index contributed by atoms with van der Waals surface area (Å²) in [5.74, 6) is 0. The maximum atomic E-state index is 12.6. The molecule has 0 atom stereocenters. The molecule has 0 heterocycles. The van der Waals surface area contributed by atoms with Crippen LogP contribution in [0.5, 0.6) is 0 Å². The van der Waals surface area contributed by atoms with Gasteiger partial charge >= 0.3 is 0 Å². The van der Waals surface area contributed by atoms with E-state index in [2.05, 4.69) is 0 Å². The molecule has 0 aliphatic heterocycles. The van der Waals surface area contributed by atoms with Crippen molar-refractivity contribution in [1.82, 2.24) is 0 Å². The summed E-state index contributed by atoms with van der Waals surface area (Å²) in [5, 5.41) is 9.06. The topological polar surface area (TPSA) is 61.2 Å². The van der Waals surface area contributed by atoms with Gasteiger partial charge in [-0.25, -0.2) is 8.42 Å². The molecule has 0 aromatic heterocycles. The Morgan fingerprint density at radius 2 is 1.65 bits per heavy atom. The van der Waals surface area contributed by atoms with Crippen molar-refractivity contribution in [2.24, 2.45) is 0 Å². The molecule has 0 fully saturated rings. The van der Waals surface area contributed by atoms with E-state index in [1.54, 1.807) is 24.3 Å². The summed E-state index contributed by atoms with van der Waals surface area (Å²) in [6.07, 6.45) is 0. The molecule has 4 nitrogen and oxygen atoms in total. The van der Waals surface area contributed by atoms with Crippen LogP contribution in [0.15, 0.2) is 53.4 Å². The predicted octanol–water partition coefficient (Wildman–Crippen LogP) is 2.69. The molecule has 0 aliphatic carbocycles. The highest BCUT2D eigenvalue weighted by atomic mass is 32.2. The quantitative estimate of drug-likeness (QED) is 0.871. The van der Waals surface area contributed by atoms with Crippen LogP contribution in [0.25, 0.3) is 0 Å². The molecule has 5 heteroatoms. The van der Waals surface area contributed by atoms with Gasteiger partial charge in [0.15, 0.2) is 0 Å². The summed E-state index contributed by atoms with van der Waals surface area (Å²) >= 11 is 0. The summed E-state index contributed by atoms with van der Waals surface area (Å²) in [4.78, 5) is 0.0215. The Morgan fingerprint density at radius 1 is 1.05 bits per heavy atom. The molecule has 20 heavy (non-hydrogen) atoms. The van der Waals surface area contributed by atoms with Gasteiger partial charge < -0.3 is 0 Å². The van der Waals surface area contributed by atoms with Gasteiger partial charge in [-0.1, -0.05) is 30.3 Å². The van der Waals surface area contributed by atoms with E-state index < -0.39 is 10.0 Å². The van der Waals surface area contributed by atoms with Crippen LogP contribution in [0.4, 0.5) is 5.69 Å². The molecule has 0 N–H and O–H groups in total. The zero-order valence-electron chi connectivity index (χ0n) is 11.2. The van der Waals surface area contributed by atoms with E-state index in [4.69, 9.17) is 5.26 Å². The predicted molar refractivity (Wildman–Crippen MR) is 77.9 cm³/mol. The fourth-order valence-corrected chi connectivity index (χ4v) is 3.38. The van der Waals surface area contributed by atoms with Crippen molar-refractivity contribution < 1.29 is 8.42 Å². The van der Waals surface area contributed by atoms with Crippen LogP contribution in [0.2, 0.25) is 0 Å². The Hall–Kier alpha value is -2.32. The average Bonchev–Trinajstić information content (AvgIpc) is 2.47. The normalized spacial score (nSPS) is 10.8. The smallest absolute Gasteiger partial charge is 0.265 e. The van der Waals surface area contributed by atoms with Gasteiger partial charge in [0, 0.05) is 7.05 Å². The molecular formula is C15H14N2O2S. The minimum atomic E-state index is -3.75. The standard InChI is InChI=1S/C15H14N2O2S/c1-12-7-3-5-9-14(12)17(2)20(18,19)15-10-6-4-8-13(15)11-16/h3-10H,1-2H3. The lowest BCUT2D eigenvalue weighted by Crippen LogP contribution is -2.27. The number of nitrogens with zero attached hydrogens (tertiary/aromatic N) is 2. The first-order valence-electron chi connectivity index (χ1n) is 6.02. The number of para-hydroxylation sites is 1. The van der Waals surface area contributed by atoms with Crippen LogP contribution in [-0.2, 0) is 10.0 Å². The third-order valence-corrected chi connectivity index (χ3v) is 4.93. The summed E-state index contributed by atoms with van der Waals surface area (Å²) in [5.41, 5.74) is 1.60. The Labute approximate surface area is 118 Å². The molecule has 0 saturated carbocycles. The summed E-state index contributed by atoms with van der Waals surface area (Å²) < 4.78 is 26.5. The number of hydrogen-bond acceptors (Lipinski definition) is 3. The molecule has 0 saturated heterocycles. The van der Waals surface area contributed by atoms with Gasteiger partial charge in [-0.15, -0.1) is 0 Å². The second-order valence-corrected chi connectivity index (χ2v) is 6.30. The number of aryl methyl sites for hydroxylation is 1. The monoisotopic (exact) mass is 286 g/mol. The number of hydrogen-bond donors (Lipinski definition) is 0. The van der Waals surface area contributed by atoms with Crippen LogP contribution in [-0.4, -0.2) is 15.5 Å². The van der Waals surface area contributed by atoms with Crippen molar-refractivity contribution in [3.05, 3.63) is 59.7 Å². The van der Waals surface area contributed by atoms with Crippen LogP contribution in [0, 0.1) is 18.3 Å². The van der Waals surface area contributed by atoms with Crippen molar-refractivity contribution in [2.45, 2.75) is 11.8 Å². The maximum absolute atomic E-state index is 12.6. The summed E-state index contributed by atoms with van der Waals surface area (Å²) in [7, 11) is -2.25. The highest BCUT2D eigenvalue weighted by Gasteiger charge is 2.24. The number of anilines is 1. The third-order valence-electron chi connectivity index (χ3n) is 3.10. The molecule has 102 valence electrons. The van der Waals surface area contributed by atoms with Crippen LogP contribution in [0.3, 0.4) is 0 Å². The van der Waals surface area contributed by atoms with Crippen molar-refractivity contribution >= 4 is 15.7 Å². The van der Waals surface area contributed by atoms with E-state index in [-0.39, 0.29) is 10.5 Å². The third kappa shape index (κ3) is 2.38. The molecule has 0 spiro atoms. The average molecular weight is 286 g/mol. The molecule has 2 aromatic rings. The first kappa shape index (κ1) is 14.1. The van der Waals surface area contributed by atoms with Gasteiger partial charge in [-0.3, -0.25) is 4.31 Å². The zero-order chi connectivity index (χ0) is 14.8. The number of sulfonamides is 1. The number of nitriles is 1. The Kier molecular flexibility index (Phi) is 3.77. The van der Waals surface area contributed by atoms with Crippen LogP contribution in [0.1, 0.15) is 11.1 Å². The first-order valence-corrected chi connectivity index (χ1v) is 7.46. The van der Waals surface area contributed by atoms with E-state index in [0.717, 1.165) is 5.56 Å². The van der Waals surface area contributed by atoms with E-state index in [1.807, 2.05) is 25.1 Å². The Morgan fingerprint density at radius 3 is 2.30 bits per heavy atom. The molecule has 0 amide bonds. The number of rotatable bonds is 3. The van der Waals surface area contributed by atoms with E-state index in [0.29, 0.717) is 5.69 Å². The van der Waals surface area contributed by atoms with Gasteiger partial charge in [-0.2, -0.15) is 5.26 Å². The van der Waals surface area contributed by atoms with Gasteiger partial charge in [0.2, 0.25) is 0 Å². The van der Waals surface area contributed by atoms with Crippen molar-refractivity contribution in [2.75, 3.05) is 11.4 Å². The second kappa shape index (κ2) is 5.35. The summed E-state index contributed by atoms with van der Waals surface area (Å²) in [6, 6.07) is 15.3. The Bertz CT molecular complexity index is 776. The fourth-order valence-electron chi connectivity index (χ4n) is 1.98. The molecule has 0 aliphatic rings. The minimum Gasteiger partial charge on any atom is -0.269 e. The van der Waals surface area contributed by atoms with E-state index in [9.17, 15) is 8.42 Å². The molecular weight excluding hydrogens is 272 g/mol. The fraction of sp³-hybridized carbons (Fsp3) is 0.133. The number of benzene rings is 2. The summed E-state index contributed by atoms with van der Waals surface area (Å²) in [6.45, 7) is 1.84. The highest BCUT2D eigenvalue weighted by Crippen LogP contribution is 2.26. The lowest BCUT2D eigenvalue weighted by Gasteiger charge is -2.21. The van der Waals surface area contributed by atoms with Gasteiger partial charge in [-0.05, 0) is 30.7 Å². The second-order valence-electron chi connectivity index (χ2n) is 4.37. The van der Waals surface area contributed by atoms with Crippen LogP contribution >= 0.6 is 0 Å². The van der Waals surface area contributed by atoms with Crippen molar-refractivity contribution in [3.8, 4) is 6.07 Å². The molecule has 2 rings (SSSR count). The van der Waals surface area contributed by atoms with E-state index >= 15 is 0 Å². The lowest BCUT2D eigenvalue weighted by molar-refractivity contribution is 0.594. The molecule has 0 unspecified atom stereocenters. The molecule has 2 aromatic carbocycles. The highest BCUT2D eigenvalue weighted by molar-refractivity contribution is 7.92. The van der Waals surface area contributed by atoms with Gasteiger partial charge in [0.25, 0.3) is 10.0 Å². The van der Waals surface area contributed by atoms with Crippen molar-refractivity contribution in [3.63, 3.8) is 0 Å². The van der Waals surface area contributed by atoms with Gasteiger partial charge in [0.1, 0.15) is 11.0 Å².